The van der Waals surface area contributed by atoms with Gasteiger partial charge in [-0.3, -0.25) is 4.79 Å². The first-order valence-corrected chi connectivity index (χ1v) is 4.41. The van der Waals surface area contributed by atoms with Crippen LogP contribution < -0.4 is 5.32 Å². The minimum absolute atomic E-state index is 0.0963. The summed E-state index contributed by atoms with van der Waals surface area (Å²) in [6, 6.07) is 0. The molecule has 6 heteroatoms. The van der Waals surface area contributed by atoms with Crippen molar-refractivity contribution < 1.29 is 23.1 Å². The van der Waals surface area contributed by atoms with Gasteiger partial charge in [-0.05, 0) is 25.8 Å². The Morgan fingerprint density at radius 2 is 2.00 bits per heavy atom. The lowest BCUT2D eigenvalue weighted by Gasteiger charge is -2.20. The van der Waals surface area contributed by atoms with Gasteiger partial charge in [-0.15, -0.1) is 0 Å². The summed E-state index contributed by atoms with van der Waals surface area (Å²) in [7, 11) is 0. The number of aliphatic carboxylic acids is 1. The SMILES string of the molecule is O=C(O)CCCNC1(C(F)(F)F)CC1. The molecule has 0 radical (unpaired) electrons. The van der Waals surface area contributed by atoms with Gasteiger partial charge in [0.2, 0.25) is 0 Å². The molecule has 14 heavy (non-hydrogen) atoms. The fourth-order valence-corrected chi connectivity index (χ4v) is 1.25. The number of carboxylic acid groups (broad SMARTS) is 1. The van der Waals surface area contributed by atoms with Gasteiger partial charge < -0.3 is 10.4 Å². The van der Waals surface area contributed by atoms with Crippen LogP contribution in [0.25, 0.3) is 0 Å². The zero-order chi connectivity index (χ0) is 10.8. The molecule has 0 amide bonds. The van der Waals surface area contributed by atoms with Crippen LogP contribution >= 0.6 is 0 Å². The Morgan fingerprint density at radius 3 is 2.36 bits per heavy atom. The number of hydrogen-bond donors (Lipinski definition) is 2. The number of rotatable bonds is 5. The van der Waals surface area contributed by atoms with Gasteiger partial charge in [0.1, 0.15) is 5.54 Å². The molecule has 0 atom stereocenters. The topological polar surface area (TPSA) is 49.3 Å². The Balaban J connectivity index is 2.22. The Bertz CT molecular complexity index is 223. The number of carbonyl (C=O) groups is 1. The molecule has 0 aromatic rings. The fraction of sp³-hybridized carbons (Fsp3) is 0.875. The van der Waals surface area contributed by atoms with Crippen molar-refractivity contribution in [3.8, 4) is 0 Å². The maximum Gasteiger partial charge on any atom is 0.406 e. The summed E-state index contributed by atoms with van der Waals surface area (Å²) in [5, 5.41) is 10.6. The van der Waals surface area contributed by atoms with E-state index in [4.69, 9.17) is 5.11 Å². The smallest absolute Gasteiger partial charge is 0.406 e. The van der Waals surface area contributed by atoms with Gasteiger partial charge in [0.25, 0.3) is 0 Å². The van der Waals surface area contributed by atoms with Crippen molar-refractivity contribution in [2.24, 2.45) is 0 Å². The normalized spacial score (nSPS) is 19.4. The van der Waals surface area contributed by atoms with E-state index in [1.165, 1.54) is 0 Å². The molecule has 0 aliphatic heterocycles. The van der Waals surface area contributed by atoms with Gasteiger partial charge in [0, 0.05) is 6.42 Å². The summed E-state index contributed by atoms with van der Waals surface area (Å²) in [5.41, 5.74) is -1.72. The first kappa shape index (κ1) is 11.3. The van der Waals surface area contributed by atoms with E-state index in [9.17, 15) is 18.0 Å². The molecule has 0 aromatic carbocycles. The summed E-state index contributed by atoms with van der Waals surface area (Å²) in [5.74, 6) is -0.983. The maximum absolute atomic E-state index is 12.3. The van der Waals surface area contributed by atoms with E-state index in [1.54, 1.807) is 0 Å². The Morgan fingerprint density at radius 1 is 1.43 bits per heavy atom. The molecule has 1 rings (SSSR count). The van der Waals surface area contributed by atoms with Crippen molar-refractivity contribution >= 4 is 5.97 Å². The molecule has 1 aliphatic rings. The van der Waals surface area contributed by atoms with E-state index in [0.717, 1.165) is 0 Å². The molecule has 1 fully saturated rings. The molecule has 1 aliphatic carbocycles. The van der Waals surface area contributed by atoms with Gasteiger partial charge in [-0.2, -0.15) is 13.2 Å². The number of nitrogens with one attached hydrogen (secondary N) is 1. The van der Waals surface area contributed by atoms with Gasteiger partial charge in [-0.1, -0.05) is 0 Å². The lowest BCUT2D eigenvalue weighted by atomic mass is 10.2. The van der Waals surface area contributed by atoms with Crippen LogP contribution in [0.5, 0.6) is 0 Å². The second-order valence-electron chi connectivity index (χ2n) is 3.50. The second kappa shape index (κ2) is 3.76. The summed E-state index contributed by atoms with van der Waals surface area (Å²) < 4.78 is 36.9. The standard InChI is InChI=1S/C8H12F3NO2/c9-8(10,11)7(3-4-7)12-5-1-2-6(13)14/h12H,1-5H2,(H,13,14). The highest BCUT2D eigenvalue weighted by molar-refractivity contribution is 5.66. The third-order valence-corrected chi connectivity index (χ3v) is 2.32. The number of carboxylic acids is 1. The fourth-order valence-electron chi connectivity index (χ4n) is 1.25. The van der Waals surface area contributed by atoms with E-state index in [2.05, 4.69) is 5.32 Å². The predicted octanol–water partition coefficient (Wildman–Crippen LogP) is 1.54. The van der Waals surface area contributed by atoms with E-state index in [1.807, 2.05) is 0 Å². The summed E-state index contributed by atoms with van der Waals surface area (Å²) >= 11 is 0. The zero-order valence-corrected chi connectivity index (χ0v) is 7.52. The van der Waals surface area contributed by atoms with Crippen LogP contribution in [0.1, 0.15) is 25.7 Å². The van der Waals surface area contributed by atoms with Crippen molar-refractivity contribution in [2.45, 2.75) is 37.4 Å². The molecular weight excluding hydrogens is 199 g/mol. The third-order valence-electron chi connectivity index (χ3n) is 2.32. The highest BCUT2D eigenvalue weighted by atomic mass is 19.4. The average Bonchev–Trinajstić information content (AvgIpc) is 2.77. The van der Waals surface area contributed by atoms with Crippen LogP contribution in [0.4, 0.5) is 13.2 Å². The van der Waals surface area contributed by atoms with Crippen molar-refractivity contribution in [2.75, 3.05) is 6.54 Å². The van der Waals surface area contributed by atoms with Crippen LogP contribution in [0, 0.1) is 0 Å². The van der Waals surface area contributed by atoms with Gasteiger partial charge in [0.15, 0.2) is 0 Å². The van der Waals surface area contributed by atoms with E-state index in [-0.39, 0.29) is 32.2 Å². The molecule has 0 unspecified atom stereocenters. The number of hydrogen-bond acceptors (Lipinski definition) is 2. The van der Waals surface area contributed by atoms with Gasteiger partial charge in [-0.25, -0.2) is 0 Å². The van der Waals surface area contributed by atoms with E-state index >= 15 is 0 Å². The first-order valence-electron chi connectivity index (χ1n) is 4.41. The van der Waals surface area contributed by atoms with Crippen LogP contribution in [0.3, 0.4) is 0 Å². The molecule has 1 saturated carbocycles. The minimum Gasteiger partial charge on any atom is -0.481 e. The van der Waals surface area contributed by atoms with Crippen molar-refractivity contribution in [3.63, 3.8) is 0 Å². The molecule has 0 heterocycles. The lowest BCUT2D eigenvalue weighted by molar-refractivity contribution is -0.165. The third kappa shape index (κ3) is 2.60. The summed E-state index contributed by atoms with van der Waals surface area (Å²) in [6.07, 6.45) is -3.88. The number of alkyl halides is 3. The summed E-state index contributed by atoms with van der Waals surface area (Å²) in [6.45, 7) is 0.103. The lowest BCUT2D eigenvalue weighted by Crippen LogP contribution is -2.45. The molecule has 0 spiro atoms. The molecule has 3 nitrogen and oxygen atoms in total. The molecule has 2 N–H and O–H groups in total. The Hall–Kier alpha value is -0.780. The molecule has 82 valence electrons. The van der Waals surface area contributed by atoms with Crippen molar-refractivity contribution in [1.29, 1.82) is 0 Å². The van der Waals surface area contributed by atoms with Gasteiger partial charge in [0.05, 0.1) is 0 Å². The van der Waals surface area contributed by atoms with Crippen LogP contribution in [0.2, 0.25) is 0 Å². The average molecular weight is 211 g/mol. The zero-order valence-electron chi connectivity index (χ0n) is 7.52. The van der Waals surface area contributed by atoms with Crippen LogP contribution in [-0.2, 0) is 4.79 Å². The molecule has 0 bridgehead atoms. The van der Waals surface area contributed by atoms with Crippen molar-refractivity contribution in [1.82, 2.24) is 5.32 Å². The van der Waals surface area contributed by atoms with Crippen LogP contribution in [0.15, 0.2) is 0 Å². The molecular formula is C8H12F3NO2. The van der Waals surface area contributed by atoms with E-state index < -0.39 is 17.7 Å². The molecule has 0 aromatic heterocycles. The summed E-state index contributed by atoms with van der Waals surface area (Å²) in [4.78, 5) is 10.1. The highest BCUT2D eigenvalue weighted by Gasteiger charge is 2.62. The predicted molar refractivity (Wildman–Crippen MR) is 42.9 cm³/mol. The minimum atomic E-state index is -4.21. The Kier molecular flexibility index (Phi) is 3.04. The highest BCUT2D eigenvalue weighted by Crippen LogP contribution is 2.48. The van der Waals surface area contributed by atoms with Crippen molar-refractivity contribution in [3.05, 3.63) is 0 Å². The Labute approximate surface area is 79.3 Å². The maximum atomic E-state index is 12.3. The van der Waals surface area contributed by atoms with Gasteiger partial charge >= 0.3 is 12.1 Å². The first-order chi connectivity index (χ1) is 6.37. The monoisotopic (exact) mass is 211 g/mol. The largest absolute Gasteiger partial charge is 0.481 e. The quantitative estimate of drug-likeness (QED) is 0.678. The second-order valence-corrected chi connectivity index (χ2v) is 3.50. The molecule has 0 saturated heterocycles. The van der Waals surface area contributed by atoms with E-state index in [0.29, 0.717) is 0 Å². The number of halogens is 3. The van der Waals surface area contributed by atoms with Crippen LogP contribution in [-0.4, -0.2) is 29.3 Å².